The largest absolute Gasteiger partial charge is 0.679 e. The predicted molar refractivity (Wildman–Crippen MR) is 64.6 cm³/mol. The summed E-state index contributed by atoms with van der Waals surface area (Å²) in [5, 5.41) is 0. The van der Waals surface area contributed by atoms with Gasteiger partial charge in [0.25, 0.3) is 0 Å². The molecule has 3 fully saturated rings. The number of hydrogen-bond donors (Lipinski definition) is 0. The van der Waals surface area contributed by atoms with Gasteiger partial charge in [-0.1, -0.05) is 0 Å². The summed E-state index contributed by atoms with van der Waals surface area (Å²) >= 11 is 0. The molecule has 100 valence electrons. The molecule has 3 aliphatic rings. The van der Waals surface area contributed by atoms with Gasteiger partial charge in [0.05, 0.1) is 26.4 Å². The zero-order chi connectivity index (χ0) is 12.1. The van der Waals surface area contributed by atoms with E-state index < -0.39 is 9.05 Å². The first-order valence-electron chi connectivity index (χ1n) is 6.13. The van der Waals surface area contributed by atoms with Crippen molar-refractivity contribution in [2.24, 2.45) is 0 Å². The lowest BCUT2D eigenvalue weighted by atomic mass is 10.4. The maximum Gasteiger partial charge on any atom is 0.679 e. The summed E-state index contributed by atoms with van der Waals surface area (Å²) in [4.78, 5) is 4.36. The molecule has 0 atom stereocenters. The molecule has 0 radical (unpaired) electrons. The van der Waals surface area contributed by atoms with Crippen molar-refractivity contribution in [1.82, 2.24) is 9.80 Å². The Balaban J connectivity index is 1.89. The van der Waals surface area contributed by atoms with E-state index in [1.165, 1.54) is 0 Å². The minimum atomic E-state index is -2.85. The van der Waals surface area contributed by atoms with Crippen LogP contribution in [0.25, 0.3) is 0 Å². The van der Waals surface area contributed by atoms with Crippen LogP contribution in [0.2, 0.25) is 0 Å². The quantitative estimate of drug-likeness (QED) is 0.629. The molecular weight excluding hydrogens is 240 g/mol. The highest BCUT2D eigenvalue weighted by molar-refractivity contribution is 6.53. The maximum atomic E-state index is 5.79. The lowest BCUT2D eigenvalue weighted by molar-refractivity contribution is -0.0754. The van der Waals surface area contributed by atoms with Gasteiger partial charge in [-0.2, -0.15) is 0 Å². The van der Waals surface area contributed by atoms with Crippen LogP contribution >= 0.6 is 0 Å². The number of hydrogen-bond acceptors (Lipinski definition) is 6. The van der Waals surface area contributed by atoms with Crippen LogP contribution in [0.1, 0.15) is 0 Å². The maximum absolute atomic E-state index is 5.79. The second-order valence-corrected chi connectivity index (χ2v) is 6.69. The minimum Gasteiger partial charge on any atom is -0.350 e. The molecule has 3 saturated heterocycles. The molecule has 3 rings (SSSR count). The summed E-state index contributed by atoms with van der Waals surface area (Å²) < 4.78 is 23.0. The zero-order valence-corrected chi connectivity index (χ0v) is 11.7. The summed E-state index contributed by atoms with van der Waals surface area (Å²) in [6.07, 6.45) is 0. The number of nitrogens with zero attached hydrogens (tertiary/aromatic N) is 2. The van der Waals surface area contributed by atoms with E-state index in [4.69, 9.17) is 17.7 Å². The molecular formula is C10H22N2O4Si. The van der Waals surface area contributed by atoms with Crippen LogP contribution < -0.4 is 0 Å². The molecule has 6 nitrogen and oxygen atoms in total. The molecule has 2 bridgehead atoms. The number of rotatable bonds is 4. The van der Waals surface area contributed by atoms with Crippen molar-refractivity contribution in [3.05, 3.63) is 0 Å². The van der Waals surface area contributed by atoms with Gasteiger partial charge in [0, 0.05) is 26.2 Å². The van der Waals surface area contributed by atoms with E-state index in [0.29, 0.717) is 26.4 Å². The molecule has 0 spiro atoms. The standard InChI is InChI=1S/C10H22N2O4Si/c1-11(2)3-7-13-17-14-8-4-12(5-9-15-17)6-10-16-17/h3-10H2,1-2H3. The van der Waals surface area contributed by atoms with Crippen LogP contribution in [0.4, 0.5) is 0 Å². The predicted octanol–water partition coefficient (Wildman–Crippen LogP) is -0.621. The van der Waals surface area contributed by atoms with Gasteiger partial charge in [0.15, 0.2) is 0 Å². The Labute approximate surface area is 104 Å². The summed E-state index contributed by atoms with van der Waals surface area (Å²) in [5.74, 6) is 0. The Kier molecular flexibility index (Phi) is 4.92. The highest BCUT2D eigenvalue weighted by atomic mass is 28.4. The second kappa shape index (κ2) is 6.23. The van der Waals surface area contributed by atoms with Crippen LogP contribution in [0.5, 0.6) is 0 Å². The Morgan fingerprint density at radius 3 is 2.06 bits per heavy atom. The molecule has 7 heteroatoms. The molecule has 0 N–H and O–H groups in total. The van der Waals surface area contributed by atoms with Crippen molar-refractivity contribution in [3.63, 3.8) is 0 Å². The van der Waals surface area contributed by atoms with E-state index >= 15 is 0 Å². The molecule has 0 aromatic heterocycles. The smallest absolute Gasteiger partial charge is 0.350 e. The second-order valence-electron chi connectivity index (χ2n) is 4.54. The van der Waals surface area contributed by atoms with Gasteiger partial charge in [-0.25, -0.2) is 0 Å². The third-order valence-electron chi connectivity index (χ3n) is 2.88. The van der Waals surface area contributed by atoms with Crippen molar-refractivity contribution in [2.45, 2.75) is 0 Å². The van der Waals surface area contributed by atoms with Gasteiger partial charge in [0.2, 0.25) is 0 Å². The van der Waals surface area contributed by atoms with Gasteiger partial charge in [-0.15, -0.1) is 0 Å². The van der Waals surface area contributed by atoms with Crippen LogP contribution in [0, 0.1) is 0 Å². The van der Waals surface area contributed by atoms with Crippen LogP contribution in [0.15, 0.2) is 0 Å². The van der Waals surface area contributed by atoms with Crippen molar-refractivity contribution in [3.8, 4) is 0 Å². The molecule has 0 aliphatic carbocycles. The fourth-order valence-electron chi connectivity index (χ4n) is 1.84. The average Bonchev–Trinajstić information content (AvgIpc) is 2.18. The third kappa shape index (κ3) is 3.99. The third-order valence-corrected chi connectivity index (χ3v) is 5.11. The summed E-state index contributed by atoms with van der Waals surface area (Å²) in [6, 6.07) is 0. The van der Waals surface area contributed by atoms with Crippen molar-refractivity contribution >= 4 is 9.05 Å². The highest BCUT2D eigenvalue weighted by Crippen LogP contribution is 2.16. The highest BCUT2D eigenvalue weighted by Gasteiger charge is 2.47. The normalized spacial score (nSPS) is 34.4. The van der Waals surface area contributed by atoms with Crippen molar-refractivity contribution in [2.75, 3.05) is 66.7 Å². The molecule has 3 aliphatic heterocycles. The van der Waals surface area contributed by atoms with Crippen LogP contribution in [-0.4, -0.2) is 85.5 Å². The fraction of sp³-hybridized carbons (Fsp3) is 1.00. The number of fused-ring (bicyclic) bond motifs is 6. The van der Waals surface area contributed by atoms with Gasteiger partial charge in [-0.05, 0) is 14.1 Å². The Hall–Kier alpha value is -0.0231. The summed E-state index contributed by atoms with van der Waals surface area (Å²) in [6.45, 7) is 6.16. The van der Waals surface area contributed by atoms with Gasteiger partial charge < -0.3 is 22.6 Å². The molecule has 0 aromatic carbocycles. The van der Waals surface area contributed by atoms with E-state index in [1.54, 1.807) is 0 Å². The average molecular weight is 262 g/mol. The first-order chi connectivity index (χ1) is 8.20. The van der Waals surface area contributed by atoms with E-state index in [2.05, 4.69) is 9.80 Å². The lowest BCUT2D eigenvalue weighted by Crippen LogP contribution is -2.57. The van der Waals surface area contributed by atoms with Crippen molar-refractivity contribution in [1.29, 1.82) is 0 Å². The molecule has 3 heterocycles. The van der Waals surface area contributed by atoms with E-state index in [9.17, 15) is 0 Å². The van der Waals surface area contributed by atoms with E-state index in [1.807, 2.05) is 14.1 Å². The summed E-state index contributed by atoms with van der Waals surface area (Å²) in [7, 11) is 1.18. The Morgan fingerprint density at radius 2 is 1.59 bits per heavy atom. The van der Waals surface area contributed by atoms with Crippen LogP contribution in [0.3, 0.4) is 0 Å². The molecule has 0 amide bonds. The molecule has 0 unspecified atom stereocenters. The first-order valence-corrected chi connectivity index (χ1v) is 7.76. The fourth-order valence-corrected chi connectivity index (χ4v) is 3.70. The van der Waals surface area contributed by atoms with E-state index in [-0.39, 0.29) is 0 Å². The van der Waals surface area contributed by atoms with Gasteiger partial charge in [0.1, 0.15) is 0 Å². The lowest BCUT2D eigenvalue weighted by Gasteiger charge is -2.36. The SMILES string of the molecule is CN(C)CCO[Si]12OCCN(CCO1)CCO2. The van der Waals surface area contributed by atoms with Gasteiger partial charge in [-0.3, -0.25) is 4.90 Å². The monoisotopic (exact) mass is 262 g/mol. The summed E-state index contributed by atoms with van der Waals surface area (Å²) in [5.41, 5.74) is 0. The van der Waals surface area contributed by atoms with E-state index in [0.717, 1.165) is 26.2 Å². The topological polar surface area (TPSA) is 43.4 Å². The Morgan fingerprint density at radius 1 is 1.06 bits per heavy atom. The van der Waals surface area contributed by atoms with Crippen molar-refractivity contribution < 1.29 is 17.7 Å². The molecule has 17 heavy (non-hydrogen) atoms. The molecule has 0 saturated carbocycles. The first kappa shape index (κ1) is 13.4. The van der Waals surface area contributed by atoms with Gasteiger partial charge >= 0.3 is 9.05 Å². The zero-order valence-electron chi connectivity index (χ0n) is 10.7. The number of likely N-dealkylation sites (N-methyl/N-ethyl adjacent to an activating group) is 1. The minimum absolute atomic E-state index is 0.586. The van der Waals surface area contributed by atoms with Crippen LogP contribution in [-0.2, 0) is 17.7 Å². The molecule has 0 aromatic rings. The Bertz CT molecular complexity index is 216.